The first kappa shape index (κ1) is 17.9. The number of hydrogen-bond acceptors (Lipinski definition) is 3. The number of likely N-dealkylation sites (tertiary alicyclic amines) is 1. The van der Waals surface area contributed by atoms with Gasteiger partial charge in [0.05, 0.1) is 5.02 Å². The molecule has 1 aliphatic rings. The van der Waals surface area contributed by atoms with Crippen molar-refractivity contribution in [1.82, 2.24) is 15.2 Å². The van der Waals surface area contributed by atoms with E-state index in [0.717, 1.165) is 18.1 Å². The Bertz CT molecular complexity index is 349. The molecule has 0 radical (unpaired) electrons. The van der Waals surface area contributed by atoms with E-state index in [1.54, 1.807) is 6.20 Å². The molecule has 1 atom stereocenters. The Hall–Kier alpha value is -0.0600. The molecule has 3 nitrogen and oxygen atoms in total. The van der Waals surface area contributed by atoms with Crippen molar-refractivity contribution < 1.29 is 0 Å². The van der Waals surface area contributed by atoms with Crippen LogP contribution >= 0.6 is 36.4 Å². The lowest BCUT2D eigenvalue weighted by atomic mass is 10.2. The third-order valence-corrected chi connectivity index (χ3v) is 3.51. The summed E-state index contributed by atoms with van der Waals surface area (Å²) in [4.78, 5) is 6.51. The van der Waals surface area contributed by atoms with Gasteiger partial charge in [0.15, 0.2) is 0 Å². The van der Waals surface area contributed by atoms with Crippen LogP contribution in [0, 0.1) is 0 Å². The van der Waals surface area contributed by atoms with Crippen LogP contribution in [0.1, 0.15) is 18.4 Å². The zero-order valence-corrected chi connectivity index (χ0v) is 12.8. The fourth-order valence-corrected chi connectivity index (χ4v) is 2.50. The first-order valence-corrected chi connectivity index (χ1v) is 6.16. The van der Waals surface area contributed by atoms with Crippen LogP contribution in [0.3, 0.4) is 0 Å². The van der Waals surface area contributed by atoms with Gasteiger partial charge < -0.3 is 5.32 Å². The van der Waals surface area contributed by atoms with Crippen LogP contribution in [0.2, 0.25) is 5.02 Å². The summed E-state index contributed by atoms with van der Waals surface area (Å²) >= 11 is 6.12. The highest BCUT2D eigenvalue weighted by Gasteiger charge is 2.24. The molecule has 6 heteroatoms. The molecular weight excluding hydrogens is 293 g/mol. The molecule has 2 heterocycles. The molecule has 1 aliphatic heterocycles. The summed E-state index contributed by atoms with van der Waals surface area (Å²) in [5.74, 6) is 0. The maximum absolute atomic E-state index is 6.12. The number of hydrogen-bond donors (Lipinski definition) is 1. The normalized spacial score (nSPS) is 19.1. The lowest BCUT2D eigenvalue weighted by Gasteiger charge is -2.24. The van der Waals surface area contributed by atoms with E-state index in [1.807, 2.05) is 19.3 Å². The van der Waals surface area contributed by atoms with Crippen LogP contribution in [0.5, 0.6) is 0 Å². The summed E-state index contributed by atoms with van der Waals surface area (Å²) in [5.41, 5.74) is 1.18. The van der Waals surface area contributed by atoms with Gasteiger partial charge in [-0.15, -0.1) is 24.8 Å². The van der Waals surface area contributed by atoms with Crippen molar-refractivity contribution in [2.75, 3.05) is 20.1 Å². The first-order chi connectivity index (χ1) is 7.81. The van der Waals surface area contributed by atoms with Gasteiger partial charge in [0.1, 0.15) is 0 Å². The summed E-state index contributed by atoms with van der Waals surface area (Å²) in [6.07, 6.45) is 6.10. The number of nitrogens with zero attached hydrogens (tertiary/aromatic N) is 2. The van der Waals surface area contributed by atoms with E-state index < -0.39 is 0 Å². The molecule has 1 N–H and O–H groups in total. The Morgan fingerprint density at radius 3 is 2.94 bits per heavy atom. The molecule has 0 bridgehead atoms. The van der Waals surface area contributed by atoms with Crippen molar-refractivity contribution in [2.24, 2.45) is 0 Å². The molecule has 2 rings (SSSR count). The minimum atomic E-state index is 0. The lowest BCUT2D eigenvalue weighted by Crippen LogP contribution is -2.36. The van der Waals surface area contributed by atoms with Gasteiger partial charge in [0, 0.05) is 31.5 Å². The highest BCUT2D eigenvalue weighted by molar-refractivity contribution is 6.31. The van der Waals surface area contributed by atoms with Crippen molar-refractivity contribution in [3.05, 3.63) is 29.0 Å². The predicted molar refractivity (Wildman–Crippen MR) is 81.1 cm³/mol. The van der Waals surface area contributed by atoms with Crippen molar-refractivity contribution in [3.63, 3.8) is 0 Å². The van der Waals surface area contributed by atoms with Crippen LogP contribution in [0.4, 0.5) is 0 Å². The van der Waals surface area contributed by atoms with Gasteiger partial charge in [-0.3, -0.25) is 9.88 Å². The van der Waals surface area contributed by atoms with Gasteiger partial charge in [0.2, 0.25) is 0 Å². The Morgan fingerprint density at radius 2 is 2.28 bits per heavy atom. The lowest BCUT2D eigenvalue weighted by molar-refractivity contribution is 0.242. The molecule has 0 spiro atoms. The average Bonchev–Trinajstić information content (AvgIpc) is 2.70. The number of halogens is 3. The molecule has 1 saturated heterocycles. The van der Waals surface area contributed by atoms with Gasteiger partial charge in [-0.2, -0.15) is 0 Å². The van der Waals surface area contributed by atoms with Crippen LogP contribution < -0.4 is 5.32 Å². The van der Waals surface area contributed by atoms with Gasteiger partial charge in [0.25, 0.3) is 0 Å². The molecule has 0 aromatic carbocycles. The summed E-state index contributed by atoms with van der Waals surface area (Å²) in [7, 11) is 2.01. The second-order valence-corrected chi connectivity index (χ2v) is 4.70. The Balaban J connectivity index is 0.00000144. The number of nitrogens with one attached hydrogen (secondary N) is 1. The van der Waals surface area contributed by atoms with E-state index in [0.29, 0.717) is 6.04 Å². The Kier molecular flexibility index (Phi) is 8.91. The minimum absolute atomic E-state index is 0. The molecular formula is C12H20Cl3N3. The standard InChI is InChI=1S/C12H18ClN3.2ClH/c1-14-7-11-3-2-6-16(11)9-10-4-5-15-8-12(10)13;;/h4-5,8,11,14H,2-3,6-7,9H2,1H3;2*1H. The molecule has 18 heavy (non-hydrogen) atoms. The van der Waals surface area contributed by atoms with E-state index >= 15 is 0 Å². The highest BCUT2D eigenvalue weighted by atomic mass is 35.5. The molecule has 1 fully saturated rings. The SMILES string of the molecule is CNCC1CCCN1Cc1ccncc1Cl.Cl.Cl. The summed E-state index contributed by atoms with van der Waals surface area (Å²) in [6.45, 7) is 3.17. The van der Waals surface area contributed by atoms with Crippen LogP contribution in [0.15, 0.2) is 18.5 Å². The molecule has 1 unspecified atom stereocenters. The van der Waals surface area contributed by atoms with Crippen molar-refractivity contribution >= 4 is 36.4 Å². The zero-order valence-electron chi connectivity index (χ0n) is 10.4. The molecule has 0 saturated carbocycles. The average molecular weight is 313 g/mol. The van der Waals surface area contributed by atoms with E-state index in [-0.39, 0.29) is 24.8 Å². The second kappa shape index (κ2) is 8.94. The van der Waals surface area contributed by atoms with Gasteiger partial charge >= 0.3 is 0 Å². The number of pyridine rings is 1. The van der Waals surface area contributed by atoms with Gasteiger partial charge in [-0.25, -0.2) is 0 Å². The minimum Gasteiger partial charge on any atom is -0.318 e. The second-order valence-electron chi connectivity index (χ2n) is 4.29. The van der Waals surface area contributed by atoms with Crippen molar-refractivity contribution in [1.29, 1.82) is 0 Å². The van der Waals surface area contributed by atoms with Crippen LogP contribution in [0.25, 0.3) is 0 Å². The summed E-state index contributed by atoms with van der Waals surface area (Å²) in [5, 5.41) is 4.03. The van der Waals surface area contributed by atoms with Crippen LogP contribution in [-0.2, 0) is 6.54 Å². The van der Waals surface area contributed by atoms with E-state index in [2.05, 4.69) is 15.2 Å². The molecule has 104 valence electrons. The van der Waals surface area contributed by atoms with E-state index in [1.165, 1.54) is 24.9 Å². The Labute approximate surface area is 126 Å². The van der Waals surface area contributed by atoms with Crippen LogP contribution in [-0.4, -0.2) is 36.1 Å². The topological polar surface area (TPSA) is 28.2 Å². The molecule has 0 amide bonds. The number of likely N-dealkylation sites (N-methyl/N-ethyl adjacent to an activating group) is 1. The van der Waals surface area contributed by atoms with Crippen molar-refractivity contribution in [3.8, 4) is 0 Å². The quantitative estimate of drug-likeness (QED) is 0.926. The maximum Gasteiger partial charge on any atom is 0.0634 e. The van der Waals surface area contributed by atoms with Crippen molar-refractivity contribution in [2.45, 2.75) is 25.4 Å². The Morgan fingerprint density at radius 1 is 1.50 bits per heavy atom. The number of aromatic nitrogens is 1. The predicted octanol–water partition coefficient (Wildman–Crippen LogP) is 2.76. The zero-order chi connectivity index (χ0) is 11.4. The largest absolute Gasteiger partial charge is 0.318 e. The third kappa shape index (κ3) is 4.56. The summed E-state index contributed by atoms with van der Waals surface area (Å²) < 4.78 is 0. The monoisotopic (exact) mass is 311 g/mol. The first-order valence-electron chi connectivity index (χ1n) is 5.78. The number of rotatable bonds is 4. The maximum atomic E-state index is 6.12. The smallest absolute Gasteiger partial charge is 0.0634 e. The third-order valence-electron chi connectivity index (χ3n) is 3.17. The molecule has 1 aromatic rings. The van der Waals surface area contributed by atoms with Gasteiger partial charge in [-0.1, -0.05) is 11.6 Å². The highest BCUT2D eigenvalue weighted by Crippen LogP contribution is 2.22. The van der Waals surface area contributed by atoms with E-state index in [4.69, 9.17) is 11.6 Å². The van der Waals surface area contributed by atoms with E-state index in [9.17, 15) is 0 Å². The molecule has 1 aromatic heterocycles. The molecule has 0 aliphatic carbocycles. The fourth-order valence-electron chi connectivity index (χ4n) is 2.32. The fraction of sp³-hybridized carbons (Fsp3) is 0.583. The van der Waals surface area contributed by atoms with Gasteiger partial charge in [-0.05, 0) is 38.1 Å². The summed E-state index contributed by atoms with van der Waals surface area (Å²) in [6, 6.07) is 2.66.